The van der Waals surface area contributed by atoms with Gasteiger partial charge in [-0.1, -0.05) is 30.3 Å². The molecule has 43 heavy (non-hydrogen) atoms. The molecule has 0 saturated heterocycles. The maximum atomic E-state index is 12.6. The van der Waals surface area contributed by atoms with Crippen molar-refractivity contribution in [1.82, 2.24) is 5.32 Å². The lowest BCUT2D eigenvalue weighted by Crippen LogP contribution is -2.40. The third-order valence-electron chi connectivity index (χ3n) is 6.87. The molecule has 12 heteroatoms. The molecule has 2 aliphatic rings. The molecule has 1 amide bonds. The van der Waals surface area contributed by atoms with Gasteiger partial charge < -0.3 is 34.9 Å². The molecule has 0 saturated carbocycles. The summed E-state index contributed by atoms with van der Waals surface area (Å²) < 4.78 is 11.1. The number of carboxylic acids is 2. The van der Waals surface area contributed by atoms with E-state index in [1.807, 2.05) is 0 Å². The number of rotatable bonds is 8. The van der Waals surface area contributed by atoms with Gasteiger partial charge in [0.05, 0.1) is 5.56 Å². The van der Waals surface area contributed by atoms with Crippen LogP contribution in [0.15, 0.2) is 69.9 Å². The number of aromatic carboxylic acids is 1. The van der Waals surface area contributed by atoms with Crippen LogP contribution in [0.5, 0.6) is 17.2 Å². The van der Waals surface area contributed by atoms with E-state index in [1.165, 1.54) is 24.3 Å². The van der Waals surface area contributed by atoms with Gasteiger partial charge in [-0.2, -0.15) is 0 Å². The summed E-state index contributed by atoms with van der Waals surface area (Å²) in [5.41, 5.74) is -0.0624. The van der Waals surface area contributed by atoms with Gasteiger partial charge in [-0.3, -0.25) is 14.4 Å². The lowest BCUT2D eigenvalue weighted by molar-refractivity contribution is -0.142. The number of ether oxygens (including phenoxy) is 1. The SMILES string of the molecule is CC(=O)N[C@@H](CCC(=O)Oc1ccc2c(-c3cccc4cccc(C(=O)O)c34)c3ccc(=O)c(O)c-3oc2c1O)C(=O)O. The maximum absolute atomic E-state index is 12.6. The number of carboxylic acid groups (broad SMARTS) is 2. The predicted molar refractivity (Wildman–Crippen MR) is 152 cm³/mol. The molecule has 3 aromatic carbocycles. The van der Waals surface area contributed by atoms with Crippen molar-refractivity contribution in [3.05, 3.63) is 76.5 Å². The van der Waals surface area contributed by atoms with E-state index in [9.17, 15) is 44.4 Å². The summed E-state index contributed by atoms with van der Waals surface area (Å²) >= 11 is 0. The second-order valence-electron chi connectivity index (χ2n) is 9.67. The molecule has 12 nitrogen and oxygen atoms in total. The summed E-state index contributed by atoms with van der Waals surface area (Å²) in [4.78, 5) is 59.7. The number of aliphatic carboxylic acids is 1. The van der Waals surface area contributed by atoms with Crippen molar-refractivity contribution in [3.8, 4) is 39.7 Å². The lowest BCUT2D eigenvalue weighted by atomic mass is 9.88. The number of aromatic hydroxyl groups is 2. The molecule has 1 aliphatic carbocycles. The van der Waals surface area contributed by atoms with Gasteiger partial charge in [0.25, 0.3) is 0 Å². The van der Waals surface area contributed by atoms with Gasteiger partial charge in [-0.15, -0.1) is 0 Å². The van der Waals surface area contributed by atoms with E-state index >= 15 is 0 Å². The average molecular weight is 586 g/mol. The Kier molecular flexibility index (Phi) is 7.43. The van der Waals surface area contributed by atoms with Crippen LogP contribution in [-0.2, 0) is 14.4 Å². The van der Waals surface area contributed by atoms with E-state index in [4.69, 9.17) is 9.15 Å². The molecule has 5 N–H and O–H groups in total. The Hall–Kier alpha value is -5.91. The molecule has 0 unspecified atom stereocenters. The molecule has 3 aromatic rings. The summed E-state index contributed by atoms with van der Waals surface area (Å²) in [6, 6.07) is 13.8. The minimum Gasteiger partial charge on any atom is -0.502 e. The molecule has 0 radical (unpaired) electrons. The van der Waals surface area contributed by atoms with Gasteiger partial charge in [-0.05, 0) is 47.7 Å². The van der Waals surface area contributed by atoms with E-state index in [2.05, 4.69) is 5.32 Å². The third kappa shape index (κ3) is 5.28. The number of benzene rings is 4. The number of hydrogen-bond donors (Lipinski definition) is 5. The fraction of sp³-hybridized carbons (Fsp3) is 0.129. The Morgan fingerprint density at radius 3 is 2.30 bits per heavy atom. The standard InChI is InChI=1S/C31H23NO11/c1-14(33)32-20(31(40)41)10-13-23(35)42-22-12-9-18-25(16-6-2-4-15-5-3-7-19(24(15)16)30(38)39)17-8-11-21(34)26(36)28(17)43-29(18)27(22)37/h2-9,11-12,20,36-37H,10,13H2,1H3,(H,32,33)(H,38,39)(H,40,41)/t20-/m0/s1. The van der Waals surface area contributed by atoms with Crippen LogP contribution in [0.25, 0.3) is 44.2 Å². The van der Waals surface area contributed by atoms with Crippen molar-refractivity contribution in [2.24, 2.45) is 0 Å². The molecule has 1 aliphatic heterocycles. The first-order chi connectivity index (χ1) is 20.5. The van der Waals surface area contributed by atoms with Crippen LogP contribution >= 0.6 is 0 Å². The van der Waals surface area contributed by atoms with E-state index in [1.54, 1.807) is 30.3 Å². The second kappa shape index (κ2) is 11.2. The van der Waals surface area contributed by atoms with Crippen LogP contribution in [0.1, 0.15) is 30.1 Å². The Bertz CT molecular complexity index is 1990. The molecule has 0 aromatic heterocycles. The zero-order valence-electron chi connectivity index (χ0n) is 22.4. The highest BCUT2D eigenvalue weighted by Crippen LogP contribution is 2.48. The van der Waals surface area contributed by atoms with Crippen LogP contribution in [0.3, 0.4) is 0 Å². The van der Waals surface area contributed by atoms with Crippen LogP contribution in [0, 0.1) is 0 Å². The number of nitrogens with one attached hydrogen (secondary N) is 1. The van der Waals surface area contributed by atoms with Crippen LogP contribution in [-0.4, -0.2) is 50.3 Å². The molecule has 1 heterocycles. The van der Waals surface area contributed by atoms with Crippen molar-refractivity contribution in [2.75, 3.05) is 0 Å². The number of esters is 1. The molecule has 1 atom stereocenters. The van der Waals surface area contributed by atoms with E-state index in [-0.39, 0.29) is 40.0 Å². The highest BCUT2D eigenvalue weighted by Gasteiger charge is 2.27. The van der Waals surface area contributed by atoms with Gasteiger partial charge >= 0.3 is 17.9 Å². The summed E-state index contributed by atoms with van der Waals surface area (Å²) in [7, 11) is 0. The highest BCUT2D eigenvalue weighted by atomic mass is 16.5. The smallest absolute Gasteiger partial charge is 0.336 e. The van der Waals surface area contributed by atoms with Crippen LogP contribution < -0.4 is 15.5 Å². The minimum absolute atomic E-state index is 0.00596. The van der Waals surface area contributed by atoms with Gasteiger partial charge in [-0.25, -0.2) is 9.59 Å². The van der Waals surface area contributed by atoms with Gasteiger partial charge in [0.2, 0.25) is 22.8 Å². The molecule has 5 rings (SSSR count). The highest BCUT2D eigenvalue weighted by molar-refractivity contribution is 6.16. The maximum Gasteiger partial charge on any atom is 0.336 e. The van der Waals surface area contributed by atoms with Crippen molar-refractivity contribution >= 4 is 45.6 Å². The van der Waals surface area contributed by atoms with E-state index in [0.717, 1.165) is 13.0 Å². The lowest BCUT2D eigenvalue weighted by Gasteiger charge is -2.19. The molecule has 0 fully saturated rings. The number of phenols is 2. The monoisotopic (exact) mass is 585 g/mol. The van der Waals surface area contributed by atoms with E-state index < -0.39 is 53.2 Å². The Balaban J connectivity index is 1.68. The third-order valence-corrected chi connectivity index (χ3v) is 6.87. The van der Waals surface area contributed by atoms with Crippen LogP contribution in [0.2, 0.25) is 0 Å². The fourth-order valence-corrected chi connectivity index (χ4v) is 4.99. The summed E-state index contributed by atoms with van der Waals surface area (Å²) in [5, 5.41) is 44.4. The normalized spacial score (nSPS) is 11.8. The number of phenolic OH excluding ortho intramolecular Hbond substituents is 2. The van der Waals surface area contributed by atoms with Crippen LogP contribution in [0.4, 0.5) is 0 Å². The van der Waals surface area contributed by atoms with Gasteiger partial charge in [0, 0.05) is 35.2 Å². The first-order valence-corrected chi connectivity index (χ1v) is 12.9. The first kappa shape index (κ1) is 28.6. The topological polar surface area (TPSA) is 201 Å². The molecular weight excluding hydrogens is 562 g/mol. The average Bonchev–Trinajstić information content (AvgIpc) is 2.97. The zero-order valence-corrected chi connectivity index (χ0v) is 22.4. The first-order valence-electron chi connectivity index (χ1n) is 12.9. The summed E-state index contributed by atoms with van der Waals surface area (Å²) in [6.45, 7) is 1.14. The summed E-state index contributed by atoms with van der Waals surface area (Å²) in [5.74, 6) is -6.11. The number of carbonyl (C=O) groups excluding carboxylic acids is 2. The fourth-order valence-electron chi connectivity index (χ4n) is 4.99. The molecular formula is C31H23NO11. The zero-order chi connectivity index (χ0) is 31.0. The van der Waals surface area contributed by atoms with Crippen molar-refractivity contribution in [3.63, 3.8) is 0 Å². The Morgan fingerprint density at radius 1 is 0.907 bits per heavy atom. The number of hydrogen-bond acceptors (Lipinski definition) is 9. The Labute approximate surface area is 241 Å². The molecule has 0 bridgehead atoms. The number of fused-ring (bicyclic) bond motifs is 3. The minimum atomic E-state index is -1.34. The van der Waals surface area contributed by atoms with Crippen molar-refractivity contribution in [1.29, 1.82) is 0 Å². The predicted octanol–water partition coefficient (Wildman–Crippen LogP) is 4.10. The van der Waals surface area contributed by atoms with Gasteiger partial charge in [0.15, 0.2) is 17.1 Å². The molecule has 218 valence electrons. The number of carbonyl (C=O) groups is 4. The van der Waals surface area contributed by atoms with E-state index in [0.29, 0.717) is 21.9 Å². The summed E-state index contributed by atoms with van der Waals surface area (Å²) in [6.07, 6.45) is -0.711. The second-order valence-corrected chi connectivity index (χ2v) is 9.67. The van der Waals surface area contributed by atoms with Crippen molar-refractivity contribution < 1.29 is 48.8 Å². The largest absolute Gasteiger partial charge is 0.502 e. The van der Waals surface area contributed by atoms with Crippen molar-refractivity contribution in [2.45, 2.75) is 25.8 Å². The Morgan fingerprint density at radius 2 is 1.63 bits per heavy atom. The quantitative estimate of drug-likeness (QED) is 0.0997. The number of amides is 1. The van der Waals surface area contributed by atoms with Gasteiger partial charge in [0.1, 0.15) is 6.04 Å². The molecule has 0 spiro atoms.